The van der Waals surface area contributed by atoms with Gasteiger partial charge in [-0.15, -0.1) is 0 Å². The largest absolute Gasteiger partial charge is 0.467 e. The summed E-state index contributed by atoms with van der Waals surface area (Å²) in [6.07, 6.45) is 1.16. The maximum atomic E-state index is 11.3. The van der Waals surface area contributed by atoms with Crippen molar-refractivity contribution in [2.24, 2.45) is 4.99 Å². The summed E-state index contributed by atoms with van der Waals surface area (Å²) < 4.78 is 15.1. The van der Waals surface area contributed by atoms with Gasteiger partial charge >= 0.3 is 5.97 Å². The van der Waals surface area contributed by atoms with E-state index in [0.717, 1.165) is 11.1 Å². The Labute approximate surface area is 113 Å². The molecule has 0 aromatic heterocycles. The summed E-state index contributed by atoms with van der Waals surface area (Å²) in [6.45, 7) is 1.68. The lowest BCUT2D eigenvalue weighted by Gasteiger charge is -2.15. The number of aliphatic imine (C=N–C) groups is 1. The van der Waals surface area contributed by atoms with Crippen molar-refractivity contribution in [1.82, 2.24) is 0 Å². The molecule has 0 aliphatic heterocycles. The highest BCUT2D eigenvalue weighted by Crippen LogP contribution is 2.20. The van der Waals surface area contributed by atoms with E-state index in [1.54, 1.807) is 27.4 Å². The van der Waals surface area contributed by atoms with Gasteiger partial charge in [-0.05, 0) is 6.92 Å². The van der Waals surface area contributed by atoms with Crippen molar-refractivity contribution in [1.29, 1.82) is 0 Å². The van der Waals surface area contributed by atoms with Crippen molar-refractivity contribution < 1.29 is 19.0 Å². The molecule has 0 fully saturated rings. The van der Waals surface area contributed by atoms with Crippen LogP contribution < -0.4 is 0 Å². The first-order valence-corrected chi connectivity index (χ1v) is 5.89. The molecule has 0 bridgehead atoms. The Kier molecular flexibility index (Phi) is 6.18. The molecule has 0 radical (unpaired) electrons. The van der Waals surface area contributed by atoms with E-state index >= 15 is 0 Å². The van der Waals surface area contributed by atoms with Gasteiger partial charge < -0.3 is 14.2 Å². The van der Waals surface area contributed by atoms with Crippen LogP contribution in [0.4, 0.5) is 0 Å². The minimum atomic E-state index is -0.540. The number of hydrogen-bond acceptors (Lipinski definition) is 5. The third-order valence-corrected chi connectivity index (χ3v) is 2.66. The molecule has 1 aromatic rings. The Bertz CT molecular complexity index is 441. The molecule has 0 N–H and O–H groups in total. The summed E-state index contributed by atoms with van der Waals surface area (Å²) in [6, 6.07) is 7.01. The molecule has 1 rings (SSSR count). The van der Waals surface area contributed by atoms with Gasteiger partial charge in [0.15, 0.2) is 6.29 Å². The van der Waals surface area contributed by atoms with Gasteiger partial charge in [-0.1, -0.05) is 24.3 Å². The maximum Gasteiger partial charge on any atom is 0.330 e. The third-order valence-electron chi connectivity index (χ3n) is 2.66. The molecule has 0 saturated carbocycles. The highest BCUT2D eigenvalue weighted by molar-refractivity contribution is 5.85. The Morgan fingerprint density at radius 3 is 2.42 bits per heavy atom. The van der Waals surface area contributed by atoms with E-state index in [-0.39, 0.29) is 5.97 Å². The zero-order chi connectivity index (χ0) is 14.3. The smallest absolute Gasteiger partial charge is 0.330 e. The van der Waals surface area contributed by atoms with Gasteiger partial charge in [-0.2, -0.15) is 0 Å². The Hall–Kier alpha value is -1.72. The summed E-state index contributed by atoms with van der Waals surface area (Å²) in [5.74, 6) is -0.372. The monoisotopic (exact) mass is 265 g/mol. The topological polar surface area (TPSA) is 57.1 Å². The van der Waals surface area contributed by atoms with E-state index in [1.807, 2.05) is 24.3 Å². The van der Waals surface area contributed by atoms with Crippen molar-refractivity contribution in [3.05, 3.63) is 35.4 Å². The lowest BCUT2D eigenvalue weighted by atomic mass is 10.1. The molecule has 0 unspecified atom stereocenters. The van der Waals surface area contributed by atoms with Crippen LogP contribution in [0.15, 0.2) is 29.3 Å². The van der Waals surface area contributed by atoms with Crippen LogP contribution in [-0.2, 0) is 19.0 Å². The fraction of sp³-hybridized carbons (Fsp3) is 0.429. The molecule has 1 atom stereocenters. The van der Waals surface area contributed by atoms with Crippen LogP contribution in [-0.4, -0.2) is 39.6 Å². The molecular weight excluding hydrogens is 246 g/mol. The van der Waals surface area contributed by atoms with E-state index in [1.165, 1.54) is 7.11 Å². The van der Waals surface area contributed by atoms with Gasteiger partial charge in [0.1, 0.15) is 6.04 Å². The third kappa shape index (κ3) is 4.15. The lowest BCUT2D eigenvalue weighted by Crippen LogP contribution is -2.16. The molecule has 104 valence electrons. The van der Waals surface area contributed by atoms with E-state index in [4.69, 9.17) is 9.47 Å². The normalized spacial score (nSPS) is 12.9. The summed E-state index contributed by atoms with van der Waals surface area (Å²) in [5.41, 5.74) is 1.69. The molecule has 0 saturated heterocycles. The van der Waals surface area contributed by atoms with Crippen LogP contribution in [0.2, 0.25) is 0 Å². The zero-order valence-corrected chi connectivity index (χ0v) is 11.6. The SMILES string of the molecule is COC(=O)[C@@H](C)/N=C\c1ccccc1C(OC)OC. The van der Waals surface area contributed by atoms with Gasteiger partial charge in [0.25, 0.3) is 0 Å². The first-order valence-electron chi connectivity index (χ1n) is 5.89. The number of esters is 1. The van der Waals surface area contributed by atoms with Crippen molar-refractivity contribution in [3.8, 4) is 0 Å². The quantitative estimate of drug-likeness (QED) is 0.448. The summed E-state index contributed by atoms with van der Waals surface area (Å²) >= 11 is 0. The standard InChI is InChI=1S/C14H19NO4/c1-10(13(16)17-2)15-9-11-7-5-6-8-12(11)14(18-3)19-4/h5-10,14H,1-4H3/b15-9-/t10-/m1/s1. The number of carbonyl (C=O) groups excluding carboxylic acids is 1. The summed E-state index contributed by atoms with van der Waals surface area (Å²) in [7, 11) is 4.48. The predicted molar refractivity (Wildman–Crippen MR) is 72.3 cm³/mol. The van der Waals surface area contributed by atoms with Crippen molar-refractivity contribution in [2.75, 3.05) is 21.3 Å². The Morgan fingerprint density at radius 2 is 1.84 bits per heavy atom. The molecule has 0 aliphatic rings. The van der Waals surface area contributed by atoms with Gasteiger partial charge in [0.05, 0.1) is 7.11 Å². The van der Waals surface area contributed by atoms with Crippen LogP contribution in [0.1, 0.15) is 24.3 Å². The van der Waals surface area contributed by atoms with Crippen LogP contribution in [0, 0.1) is 0 Å². The molecule has 0 amide bonds. The number of methoxy groups -OCH3 is 3. The van der Waals surface area contributed by atoms with Gasteiger partial charge in [-0.25, -0.2) is 4.79 Å². The number of rotatable bonds is 6. The highest BCUT2D eigenvalue weighted by atomic mass is 16.7. The van der Waals surface area contributed by atoms with E-state index < -0.39 is 12.3 Å². The second kappa shape index (κ2) is 7.66. The average Bonchev–Trinajstić information content (AvgIpc) is 2.46. The van der Waals surface area contributed by atoms with E-state index in [9.17, 15) is 4.79 Å². The zero-order valence-electron chi connectivity index (χ0n) is 11.6. The van der Waals surface area contributed by atoms with Gasteiger partial charge in [0, 0.05) is 31.6 Å². The van der Waals surface area contributed by atoms with Crippen LogP contribution in [0.5, 0.6) is 0 Å². The summed E-state index contributed by atoms with van der Waals surface area (Å²) in [4.78, 5) is 15.4. The molecule has 19 heavy (non-hydrogen) atoms. The van der Waals surface area contributed by atoms with Gasteiger partial charge in [0.2, 0.25) is 0 Å². The molecule has 0 spiro atoms. The van der Waals surface area contributed by atoms with Crippen LogP contribution in [0.25, 0.3) is 0 Å². The minimum absolute atomic E-state index is 0.372. The minimum Gasteiger partial charge on any atom is -0.467 e. The van der Waals surface area contributed by atoms with Gasteiger partial charge in [-0.3, -0.25) is 4.99 Å². The lowest BCUT2D eigenvalue weighted by molar-refractivity contribution is -0.141. The molecule has 1 aromatic carbocycles. The molecule has 0 heterocycles. The maximum absolute atomic E-state index is 11.3. The number of carbonyl (C=O) groups is 1. The Morgan fingerprint density at radius 1 is 1.21 bits per heavy atom. The fourth-order valence-electron chi connectivity index (χ4n) is 1.62. The second-order valence-corrected chi connectivity index (χ2v) is 3.91. The first kappa shape index (κ1) is 15.3. The van der Waals surface area contributed by atoms with Crippen molar-refractivity contribution >= 4 is 12.2 Å². The number of hydrogen-bond donors (Lipinski definition) is 0. The predicted octanol–water partition coefficient (Wildman–Crippen LogP) is 1.96. The number of ether oxygens (including phenoxy) is 3. The molecular formula is C14H19NO4. The van der Waals surface area contributed by atoms with Crippen LogP contribution in [0.3, 0.4) is 0 Å². The molecule has 0 aliphatic carbocycles. The molecule has 5 heteroatoms. The fourth-order valence-corrected chi connectivity index (χ4v) is 1.62. The Balaban J connectivity index is 2.95. The van der Waals surface area contributed by atoms with E-state index in [0.29, 0.717) is 0 Å². The second-order valence-electron chi connectivity index (χ2n) is 3.91. The first-order chi connectivity index (χ1) is 9.13. The number of benzene rings is 1. The van der Waals surface area contributed by atoms with E-state index in [2.05, 4.69) is 9.73 Å². The van der Waals surface area contributed by atoms with Crippen LogP contribution >= 0.6 is 0 Å². The highest BCUT2D eigenvalue weighted by Gasteiger charge is 2.13. The van der Waals surface area contributed by atoms with Crippen molar-refractivity contribution in [2.45, 2.75) is 19.3 Å². The molecule has 5 nitrogen and oxygen atoms in total. The van der Waals surface area contributed by atoms with Crippen molar-refractivity contribution in [3.63, 3.8) is 0 Å². The summed E-state index contributed by atoms with van der Waals surface area (Å²) in [5, 5.41) is 0. The average molecular weight is 265 g/mol. The number of nitrogens with zero attached hydrogens (tertiary/aromatic N) is 1.